The number of rotatable bonds is 4. The molecule has 0 aliphatic heterocycles. The van der Waals surface area contributed by atoms with Crippen molar-refractivity contribution in [2.75, 3.05) is 6.26 Å². The first-order chi connectivity index (χ1) is 5.72. The van der Waals surface area contributed by atoms with Gasteiger partial charge in [-0.2, -0.15) is 16.7 Å². The van der Waals surface area contributed by atoms with Gasteiger partial charge in [-0.15, -0.1) is 0 Å². The molecule has 1 atom stereocenters. The monoisotopic (exact) mass is 187 g/mol. The van der Waals surface area contributed by atoms with E-state index >= 15 is 0 Å². The van der Waals surface area contributed by atoms with Crippen LogP contribution in [0.15, 0.2) is 4.52 Å². The Bertz CT molecular complexity index is 236. The molecule has 0 spiro atoms. The van der Waals surface area contributed by atoms with E-state index < -0.39 is 0 Å². The molecule has 0 fully saturated rings. The lowest BCUT2D eigenvalue weighted by molar-refractivity contribution is 0.384. The maximum absolute atomic E-state index is 5.58. The Hall–Kier alpha value is -0.550. The third-order valence-corrected chi connectivity index (χ3v) is 1.82. The number of hydrogen-bond acceptors (Lipinski definition) is 5. The van der Waals surface area contributed by atoms with Gasteiger partial charge in [0.1, 0.15) is 0 Å². The normalized spacial score (nSPS) is 13.2. The Kier molecular flexibility index (Phi) is 3.55. The van der Waals surface area contributed by atoms with Gasteiger partial charge < -0.3 is 10.3 Å². The molecule has 4 nitrogen and oxygen atoms in total. The second-order valence-electron chi connectivity index (χ2n) is 2.72. The molecular formula is C7H13N3OS. The third kappa shape index (κ3) is 2.83. The van der Waals surface area contributed by atoms with Crippen LogP contribution in [0.2, 0.25) is 0 Å². The SMILES string of the molecule is CSCc1nc(CC(C)N)no1. The molecule has 0 aliphatic carbocycles. The number of thioether (sulfide) groups is 1. The summed E-state index contributed by atoms with van der Waals surface area (Å²) in [7, 11) is 0. The van der Waals surface area contributed by atoms with Gasteiger partial charge in [0, 0.05) is 12.5 Å². The van der Waals surface area contributed by atoms with E-state index in [4.69, 9.17) is 10.3 Å². The standard InChI is InChI=1S/C7H13N3OS/c1-5(8)3-6-9-7(4-12-2)11-10-6/h5H,3-4,8H2,1-2H3. The van der Waals surface area contributed by atoms with Crippen molar-refractivity contribution in [3.63, 3.8) is 0 Å². The van der Waals surface area contributed by atoms with Crippen LogP contribution in [0.3, 0.4) is 0 Å². The average molecular weight is 187 g/mol. The van der Waals surface area contributed by atoms with Crippen LogP contribution in [0.1, 0.15) is 18.6 Å². The van der Waals surface area contributed by atoms with E-state index in [9.17, 15) is 0 Å². The molecule has 0 aromatic carbocycles. The predicted molar refractivity (Wildman–Crippen MR) is 48.9 cm³/mol. The molecule has 0 bridgehead atoms. The Balaban J connectivity index is 2.52. The van der Waals surface area contributed by atoms with Crippen molar-refractivity contribution in [3.05, 3.63) is 11.7 Å². The summed E-state index contributed by atoms with van der Waals surface area (Å²) >= 11 is 1.66. The molecule has 1 aromatic rings. The Morgan fingerprint density at radius 3 is 3.00 bits per heavy atom. The zero-order chi connectivity index (χ0) is 8.97. The highest BCUT2D eigenvalue weighted by Crippen LogP contribution is 2.06. The summed E-state index contributed by atoms with van der Waals surface area (Å²) in [6, 6.07) is 0.0877. The summed E-state index contributed by atoms with van der Waals surface area (Å²) < 4.78 is 4.97. The zero-order valence-corrected chi connectivity index (χ0v) is 8.10. The maximum Gasteiger partial charge on any atom is 0.236 e. The Morgan fingerprint density at radius 2 is 2.42 bits per heavy atom. The molecule has 1 heterocycles. The first kappa shape index (κ1) is 9.54. The number of aromatic nitrogens is 2. The molecule has 0 saturated carbocycles. The van der Waals surface area contributed by atoms with Gasteiger partial charge in [-0.25, -0.2) is 0 Å². The largest absolute Gasteiger partial charge is 0.338 e. The van der Waals surface area contributed by atoms with E-state index in [-0.39, 0.29) is 6.04 Å². The van der Waals surface area contributed by atoms with Crippen molar-refractivity contribution >= 4 is 11.8 Å². The molecule has 1 rings (SSSR count). The van der Waals surface area contributed by atoms with Crippen molar-refractivity contribution in [3.8, 4) is 0 Å². The molecule has 0 radical (unpaired) electrons. The fourth-order valence-corrected chi connectivity index (χ4v) is 1.21. The second kappa shape index (κ2) is 4.47. The lowest BCUT2D eigenvalue weighted by Crippen LogP contribution is -2.18. The molecule has 5 heteroatoms. The summed E-state index contributed by atoms with van der Waals surface area (Å²) in [4.78, 5) is 4.16. The second-order valence-corrected chi connectivity index (χ2v) is 3.58. The highest BCUT2D eigenvalue weighted by molar-refractivity contribution is 7.97. The van der Waals surface area contributed by atoms with Gasteiger partial charge in [0.15, 0.2) is 5.82 Å². The van der Waals surface area contributed by atoms with Crippen LogP contribution in [0.25, 0.3) is 0 Å². The fourth-order valence-electron chi connectivity index (χ4n) is 0.843. The minimum absolute atomic E-state index is 0.0877. The number of nitrogens with zero attached hydrogens (tertiary/aromatic N) is 2. The van der Waals surface area contributed by atoms with Gasteiger partial charge in [-0.3, -0.25) is 0 Å². The van der Waals surface area contributed by atoms with Crippen molar-refractivity contribution in [2.24, 2.45) is 5.73 Å². The van der Waals surface area contributed by atoms with E-state index in [1.807, 2.05) is 13.2 Å². The van der Waals surface area contributed by atoms with Crippen LogP contribution < -0.4 is 5.73 Å². The summed E-state index contributed by atoms with van der Waals surface area (Å²) in [6.45, 7) is 1.92. The highest BCUT2D eigenvalue weighted by Gasteiger charge is 2.06. The minimum Gasteiger partial charge on any atom is -0.338 e. The topological polar surface area (TPSA) is 64.9 Å². The lowest BCUT2D eigenvalue weighted by Gasteiger charge is -1.96. The molecular weight excluding hydrogens is 174 g/mol. The van der Waals surface area contributed by atoms with Crippen LogP contribution in [0, 0.1) is 0 Å². The van der Waals surface area contributed by atoms with Gasteiger partial charge in [-0.05, 0) is 13.2 Å². The average Bonchev–Trinajstić information content (AvgIpc) is 2.36. The van der Waals surface area contributed by atoms with E-state index in [2.05, 4.69) is 10.1 Å². The summed E-state index contributed by atoms with van der Waals surface area (Å²) in [5.74, 6) is 2.15. The molecule has 0 amide bonds. The van der Waals surface area contributed by atoms with Gasteiger partial charge in [0.2, 0.25) is 5.89 Å². The van der Waals surface area contributed by atoms with Gasteiger partial charge in [0.25, 0.3) is 0 Å². The molecule has 1 aromatic heterocycles. The molecule has 0 aliphatic rings. The van der Waals surface area contributed by atoms with Crippen molar-refractivity contribution in [1.82, 2.24) is 10.1 Å². The predicted octanol–water partition coefficient (Wildman–Crippen LogP) is 0.822. The Morgan fingerprint density at radius 1 is 1.67 bits per heavy atom. The van der Waals surface area contributed by atoms with E-state index in [1.54, 1.807) is 11.8 Å². The molecule has 68 valence electrons. The number of nitrogens with two attached hydrogens (primary N) is 1. The maximum atomic E-state index is 5.58. The van der Waals surface area contributed by atoms with Crippen LogP contribution in [0.4, 0.5) is 0 Å². The molecule has 1 unspecified atom stereocenters. The van der Waals surface area contributed by atoms with Gasteiger partial charge in [-0.1, -0.05) is 5.16 Å². The molecule has 2 N–H and O–H groups in total. The number of hydrogen-bond donors (Lipinski definition) is 1. The van der Waals surface area contributed by atoms with Crippen molar-refractivity contribution in [2.45, 2.75) is 25.1 Å². The third-order valence-electron chi connectivity index (χ3n) is 1.28. The first-order valence-electron chi connectivity index (χ1n) is 3.78. The van der Waals surface area contributed by atoms with E-state index in [1.165, 1.54) is 0 Å². The van der Waals surface area contributed by atoms with Crippen LogP contribution >= 0.6 is 11.8 Å². The van der Waals surface area contributed by atoms with Crippen LogP contribution in [-0.2, 0) is 12.2 Å². The van der Waals surface area contributed by atoms with Crippen LogP contribution in [0.5, 0.6) is 0 Å². The summed E-state index contributed by atoms with van der Waals surface area (Å²) in [5, 5.41) is 3.80. The highest BCUT2D eigenvalue weighted by atomic mass is 32.2. The molecule has 0 saturated heterocycles. The Labute approximate surface area is 75.9 Å². The minimum atomic E-state index is 0.0877. The van der Waals surface area contributed by atoms with Gasteiger partial charge in [0.05, 0.1) is 5.75 Å². The quantitative estimate of drug-likeness (QED) is 0.756. The summed E-state index contributed by atoms with van der Waals surface area (Å²) in [6.07, 6.45) is 2.67. The lowest BCUT2D eigenvalue weighted by atomic mass is 10.2. The van der Waals surface area contributed by atoms with E-state index in [0.717, 1.165) is 5.75 Å². The first-order valence-corrected chi connectivity index (χ1v) is 5.17. The zero-order valence-electron chi connectivity index (χ0n) is 7.28. The fraction of sp³-hybridized carbons (Fsp3) is 0.714. The molecule has 12 heavy (non-hydrogen) atoms. The smallest absolute Gasteiger partial charge is 0.236 e. The van der Waals surface area contributed by atoms with Crippen LogP contribution in [-0.4, -0.2) is 22.4 Å². The van der Waals surface area contributed by atoms with Gasteiger partial charge >= 0.3 is 0 Å². The van der Waals surface area contributed by atoms with E-state index in [0.29, 0.717) is 18.1 Å². The van der Waals surface area contributed by atoms with Crippen molar-refractivity contribution < 1.29 is 4.52 Å². The van der Waals surface area contributed by atoms with Crippen molar-refractivity contribution in [1.29, 1.82) is 0 Å². The summed E-state index contributed by atoms with van der Waals surface area (Å²) in [5.41, 5.74) is 5.58.